The molecule has 4 nitrogen and oxygen atoms in total. The first-order valence-corrected chi connectivity index (χ1v) is 3.99. The normalized spacial score (nSPS) is 9.83. The van der Waals surface area contributed by atoms with Gasteiger partial charge in [-0.2, -0.15) is 0 Å². The molecule has 0 amide bonds. The Balaban J connectivity index is 2.59. The largest absolute Gasteiger partial charge is 0.461 e. The van der Waals surface area contributed by atoms with Gasteiger partial charge < -0.3 is 9.72 Å². The van der Waals surface area contributed by atoms with Crippen molar-refractivity contribution in [1.29, 1.82) is 0 Å². The number of carbonyl (C=O) groups excluding carboxylic acids is 1. The first kappa shape index (κ1) is 9.06. The number of imidazole rings is 1. The molecule has 1 heterocycles. The van der Waals surface area contributed by atoms with Gasteiger partial charge in [0.05, 0.1) is 12.9 Å². The molecule has 1 rings (SSSR count). The Bertz CT molecular complexity index is 272. The van der Waals surface area contributed by atoms with Crippen LogP contribution in [0.4, 0.5) is 0 Å². The Morgan fingerprint density at radius 3 is 3.08 bits per heavy atom. The molecule has 1 aromatic heterocycles. The third-order valence-corrected chi connectivity index (χ3v) is 1.51. The highest BCUT2D eigenvalue weighted by atomic mass is 35.5. The van der Waals surface area contributed by atoms with Gasteiger partial charge in [-0.05, 0) is 6.42 Å². The van der Waals surface area contributed by atoms with Crippen LogP contribution in [-0.2, 0) is 4.74 Å². The fourth-order valence-corrected chi connectivity index (χ4v) is 0.859. The quantitative estimate of drug-likeness (QED) is 0.734. The van der Waals surface area contributed by atoms with E-state index in [2.05, 4.69) is 9.97 Å². The molecule has 0 atom stereocenters. The van der Waals surface area contributed by atoms with Crippen LogP contribution in [0.15, 0.2) is 6.33 Å². The summed E-state index contributed by atoms with van der Waals surface area (Å²) < 4.78 is 4.81. The number of esters is 1. The van der Waals surface area contributed by atoms with Crippen molar-refractivity contribution in [3.8, 4) is 0 Å². The summed E-state index contributed by atoms with van der Waals surface area (Å²) in [7, 11) is 0. The smallest absolute Gasteiger partial charge is 0.360 e. The fraction of sp³-hybridized carbons (Fsp3) is 0.429. The Morgan fingerprint density at radius 2 is 2.58 bits per heavy atom. The maximum Gasteiger partial charge on any atom is 0.360 e. The summed E-state index contributed by atoms with van der Waals surface area (Å²) in [6.45, 7) is 2.31. The average molecular weight is 189 g/mol. The van der Waals surface area contributed by atoms with E-state index in [-0.39, 0.29) is 10.8 Å². The van der Waals surface area contributed by atoms with Crippen molar-refractivity contribution < 1.29 is 9.53 Å². The number of aromatic amines is 1. The summed E-state index contributed by atoms with van der Waals surface area (Å²) in [6.07, 6.45) is 2.14. The molecule has 0 fully saturated rings. The summed E-state index contributed by atoms with van der Waals surface area (Å²) in [6, 6.07) is 0. The highest BCUT2D eigenvalue weighted by Gasteiger charge is 2.13. The molecule has 0 unspecified atom stereocenters. The Hall–Kier alpha value is -1.03. The van der Waals surface area contributed by atoms with Crippen LogP contribution in [0.3, 0.4) is 0 Å². The van der Waals surface area contributed by atoms with Crippen LogP contribution in [-0.4, -0.2) is 22.5 Å². The van der Waals surface area contributed by atoms with Gasteiger partial charge in [-0.3, -0.25) is 0 Å². The fourth-order valence-electron chi connectivity index (χ4n) is 0.684. The van der Waals surface area contributed by atoms with E-state index in [1.54, 1.807) is 0 Å². The molecule has 0 spiro atoms. The SMILES string of the molecule is CCCOC(=O)c1nc[nH]c1Cl. The Morgan fingerprint density at radius 1 is 1.83 bits per heavy atom. The van der Waals surface area contributed by atoms with Crippen molar-refractivity contribution in [3.63, 3.8) is 0 Å². The van der Waals surface area contributed by atoms with Crippen LogP contribution in [0.5, 0.6) is 0 Å². The van der Waals surface area contributed by atoms with Crippen molar-refractivity contribution >= 4 is 17.6 Å². The summed E-state index contributed by atoms with van der Waals surface area (Å²) in [5.41, 5.74) is 0.144. The topological polar surface area (TPSA) is 55.0 Å². The van der Waals surface area contributed by atoms with Crippen LogP contribution >= 0.6 is 11.6 Å². The summed E-state index contributed by atoms with van der Waals surface area (Å²) in [5.74, 6) is -0.483. The number of carbonyl (C=O) groups is 1. The number of H-pyrrole nitrogens is 1. The van der Waals surface area contributed by atoms with E-state index in [0.717, 1.165) is 6.42 Å². The van der Waals surface area contributed by atoms with E-state index in [1.807, 2.05) is 6.92 Å². The predicted molar refractivity (Wildman–Crippen MR) is 44.2 cm³/mol. The molecule has 0 aromatic carbocycles. The molecular weight excluding hydrogens is 180 g/mol. The molecule has 0 aliphatic rings. The van der Waals surface area contributed by atoms with Gasteiger partial charge in [-0.15, -0.1) is 0 Å². The van der Waals surface area contributed by atoms with E-state index >= 15 is 0 Å². The van der Waals surface area contributed by atoms with Gasteiger partial charge in [0.1, 0.15) is 5.15 Å². The first-order chi connectivity index (χ1) is 5.75. The van der Waals surface area contributed by atoms with Crippen LogP contribution in [0.1, 0.15) is 23.8 Å². The van der Waals surface area contributed by atoms with Crippen LogP contribution in [0.2, 0.25) is 5.15 Å². The van der Waals surface area contributed by atoms with Gasteiger partial charge in [0.2, 0.25) is 0 Å². The molecule has 0 aliphatic heterocycles. The molecule has 0 aliphatic carbocycles. The lowest BCUT2D eigenvalue weighted by Crippen LogP contribution is -2.06. The number of aromatic nitrogens is 2. The van der Waals surface area contributed by atoms with Crippen molar-refractivity contribution in [3.05, 3.63) is 17.2 Å². The third kappa shape index (κ3) is 1.98. The molecule has 66 valence electrons. The zero-order valence-electron chi connectivity index (χ0n) is 6.63. The van der Waals surface area contributed by atoms with Crippen molar-refractivity contribution in [2.45, 2.75) is 13.3 Å². The van der Waals surface area contributed by atoms with Gasteiger partial charge >= 0.3 is 5.97 Å². The van der Waals surface area contributed by atoms with E-state index in [9.17, 15) is 4.79 Å². The van der Waals surface area contributed by atoms with Gasteiger partial charge in [0.15, 0.2) is 5.69 Å². The maximum absolute atomic E-state index is 11.1. The molecular formula is C7H9ClN2O2. The predicted octanol–water partition coefficient (Wildman–Crippen LogP) is 1.63. The van der Waals surface area contributed by atoms with E-state index in [0.29, 0.717) is 6.61 Å². The minimum atomic E-state index is -0.483. The molecule has 12 heavy (non-hydrogen) atoms. The van der Waals surface area contributed by atoms with Crippen LogP contribution < -0.4 is 0 Å². The molecule has 0 bridgehead atoms. The lowest BCUT2D eigenvalue weighted by atomic mass is 10.5. The number of ether oxygens (including phenoxy) is 1. The molecule has 5 heteroatoms. The van der Waals surface area contributed by atoms with Crippen LogP contribution in [0, 0.1) is 0 Å². The monoisotopic (exact) mass is 188 g/mol. The summed E-state index contributed by atoms with van der Waals surface area (Å²) in [5, 5.41) is 0.219. The van der Waals surface area contributed by atoms with Crippen molar-refractivity contribution in [2.24, 2.45) is 0 Å². The lowest BCUT2D eigenvalue weighted by molar-refractivity contribution is 0.0499. The van der Waals surface area contributed by atoms with Gasteiger partial charge in [0.25, 0.3) is 0 Å². The number of hydrogen-bond acceptors (Lipinski definition) is 3. The van der Waals surface area contributed by atoms with Crippen LogP contribution in [0.25, 0.3) is 0 Å². The second-order valence-corrected chi connectivity index (χ2v) is 2.58. The van der Waals surface area contributed by atoms with E-state index in [4.69, 9.17) is 16.3 Å². The second kappa shape index (κ2) is 4.11. The standard InChI is InChI=1S/C7H9ClN2O2/c1-2-3-12-7(11)5-6(8)10-4-9-5/h4H,2-3H2,1H3,(H,9,10). The average Bonchev–Trinajstić information content (AvgIpc) is 2.47. The van der Waals surface area contributed by atoms with E-state index in [1.165, 1.54) is 6.33 Å². The zero-order chi connectivity index (χ0) is 8.97. The zero-order valence-corrected chi connectivity index (χ0v) is 7.39. The Kier molecular flexibility index (Phi) is 3.10. The van der Waals surface area contributed by atoms with Crippen molar-refractivity contribution in [2.75, 3.05) is 6.61 Å². The molecule has 1 N–H and O–H groups in total. The minimum Gasteiger partial charge on any atom is -0.461 e. The first-order valence-electron chi connectivity index (χ1n) is 3.61. The summed E-state index contributed by atoms with van der Waals surface area (Å²) in [4.78, 5) is 17.4. The highest BCUT2D eigenvalue weighted by Crippen LogP contribution is 2.10. The maximum atomic E-state index is 11.1. The minimum absolute atomic E-state index is 0.144. The Labute approximate surface area is 74.9 Å². The highest BCUT2D eigenvalue weighted by molar-refractivity contribution is 6.32. The lowest BCUT2D eigenvalue weighted by Gasteiger charge is -1.99. The number of nitrogens with zero attached hydrogens (tertiary/aromatic N) is 1. The number of halogens is 1. The molecule has 1 aromatic rings. The third-order valence-electron chi connectivity index (χ3n) is 1.22. The number of hydrogen-bond donors (Lipinski definition) is 1. The van der Waals surface area contributed by atoms with E-state index < -0.39 is 5.97 Å². The molecule has 0 radical (unpaired) electrons. The van der Waals surface area contributed by atoms with Gasteiger partial charge in [0, 0.05) is 0 Å². The number of rotatable bonds is 3. The molecule has 0 saturated carbocycles. The van der Waals surface area contributed by atoms with Crippen molar-refractivity contribution in [1.82, 2.24) is 9.97 Å². The summed E-state index contributed by atoms with van der Waals surface area (Å²) >= 11 is 5.59. The number of nitrogens with one attached hydrogen (secondary N) is 1. The second-order valence-electron chi connectivity index (χ2n) is 2.20. The van der Waals surface area contributed by atoms with Gasteiger partial charge in [-0.1, -0.05) is 18.5 Å². The van der Waals surface area contributed by atoms with Gasteiger partial charge in [-0.25, -0.2) is 9.78 Å². The molecule has 0 saturated heterocycles.